The third-order valence-electron chi connectivity index (χ3n) is 4.06. The summed E-state index contributed by atoms with van der Waals surface area (Å²) in [5, 5.41) is 3.00. The summed E-state index contributed by atoms with van der Waals surface area (Å²) in [6.07, 6.45) is 3.50. The van der Waals surface area contributed by atoms with Crippen molar-refractivity contribution in [2.75, 3.05) is 14.2 Å². The lowest BCUT2D eigenvalue weighted by Crippen LogP contribution is -2.30. The number of methoxy groups -OCH3 is 2. The Kier molecular flexibility index (Phi) is 5.56. The second-order valence-electron chi connectivity index (χ2n) is 5.73. The van der Waals surface area contributed by atoms with Gasteiger partial charge in [0.1, 0.15) is 22.5 Å². The number of ether oxygens (including phenoxy) is 2. The van der Waals surface area contributed by atoms with Crippen LogP contribution in [0.15, 0.2) is 48.8 Å². The van der Waals surface area contributed by atoms with Gasteiger partial charge in [-0.2, -0.15) is 0 Å². The van der Waals surface area contributed by atoms with Crippen molar-refractivity contribution >= 4 is 23.2 Å². The maximum Gasteiger partial charge on any atom is 0.348 e. The van der Waals surface area contributed by atoms with E-state index in [4.69, 9.17) is 9.47 Å². The van der Waals surface area contributed by atoms with Gasteiger partial charge in [0.05, 0.1) is 19.1 Å². The summed E-state index contributed by atoms with van der Waals surface area (Å²) in [6, 6.07) is 10.2. The van der Waals surface area contributed by atoms with E-state index in [-0.39, 0.29) is 5.91 Å². The zero-order valence-corrected chi connectivity index (χ0v) is 15.9. The molecule has 0 bridgehead atoms. The number of amides is 1. The van der Waals surface area contributed by atoms with Gasteiger partial charge in [-0.1, -0.05) is 12.1 Å². The van der Waals surface area contributed by atoms with Gasteiger partial charge in [-0.15, -0.1) is 11.3 Å². The van der Waals surface area contributed by atoms with Crippen molar-refractivity contribution in [1.29, 1.82) is 0 Å². The fourth-order valence-corrected chi connectivity index (χ4v) is 3.45. The molecule has 7 nitrogen and oxygen atoms in total. The molecule has 1 unspecified atom stereocenters. The first kappa shape index (κ1) is 18.7. The summed E-state index contributed by atoms with van der Waals surface area (Å²) in [7, 11) is 4.77. The molecule has 0 radical (unpaired) electrons. The van der Waals surface area contributed by atoms with E-state index in [2.05, 4.69) is 10.3 Å². The van der Waals surface area contributed by atoms with E-state index in [1.807, 2.05) is 42.1 Å². The number of aryl methyl sites for hydroxylation is 1. The lowest BCUT2D eigenvalue weighted by molar-refractivity contribution is 0.0606. The smallest absolute Gasteiger partial charge is 0.348 e. The van der Waals surface area contributed by atoms with Gasteiger partial charge in [0.15, 0.2) is 0 Å². The Hall–Kier alpha value is -3.13. The molecule has 1 atom stereocenters. The van der Waals surface area contributed by atoms with E-state index in [0.29, 0.717) is 15.6 Å². The Morgan fingerprint density at radius 3 is 2.41 bits per heavy atom. The summed E-state index contributed by atoms with van der Waals surface area (Å²) < 4.78 is 11.7. The molecule has 8 heteroatoms. The molecule has 0 saturated carbocycles. The molecule has 1 aromatic carbocycles. The molecule has 0 aliphatic rings. The van der Waals surface area contributed by atoms with Crippen LogP contribution >= 0.6 is 11.3 Å². The number of nitrogens with zero attached hydrogens (tertiary/aromatic N) is 2. The average Bonchev–Trinajstić information content (AvgIpc) is 3.35. The number of esters is 1. The van der Waals surface area contributed by atoms with E-state index in [9.17, 15) is 9.59 Å². The zero-order valence-electron chi connectivity index (χ0n) is 15.1. The first-order valence-electron chi connectivity index (χ1n) is 8.13. The van der Waals surface area contributed by atoms with Crippen LogP contribution in [0.5, 0.6) is 5.75 Å². The SMILES string of the molecule is COC(=O)c1ccc(C(=O)NC(c2ccc(OC)cc2)c2nccn2C)s1. The molecule has 2 aromatic heterocycles. The third kappa shape index (κ3) is 4.01. The van der Waals surface area contributed by atoms with Gasteiger partial charge in [-0.25, -0.2) is 9.78 Å². The van der Waals surface area contributed by atoms with Gasteiger partial charge in [0.25, 0.3) is 5.91 Å². The highest BCUT2D eigenvalue weighted by Gasteiger charge is 2.23. The fraction of sp³-hybridized carbons (Fsp3) is 0.211. The maximum absolute atomic E-state index is 12.8. The number of benzene rings is 1. The van der Waals surface area contributed by atoms with Crippen LogP contribution in [0.4, 0.5) is 0 Å². The second-order valence-corrected chi connectivity index (χ2v) is 6.82. The van der Waals surface area contributed by atoms with Crippen molar-refractivity contribution < 1.29 is 19.1 Å². The predicted molar refractivity (Wildman–Crippen MR) is 101 cm³/mol. The van der Waals surface area contributed by atoms with Crippen LogP contribution < -0.4 is 10.1 Å². The molecule has 3 rings (SSSR count). The van der Waals surface area contributed by atoms with Crippen LogP contribution in [0, 0.1) is 0 Å². The third-order valence-corrected chi connectivity index (χ3v) is 5.12. The van der Waals surface area contributed by atoms with E-state index < -0.39 is 12.0 Å². The molecule has 0 aliphatic heterocycles. The molecule has 0 saturated heterocycles. The highest BCUT2D eigenvalue weighted by molar-refractivity contribution is 7.15. The molecular formula is C19H19N3O4S. The van der Waals surface area contributed by atoms with Gasteiger partial charge in [0.2, 0.25) is 0 Å². The summed E-state index contributed by atoms with van der Waals surface area (Å²) >= 11 is 1.08. The topological polar surface area (TPSA) is 82.5 Å². The van der Waals surface area contributed by atoms with Gasteiger partial charge in [-0.05, 0) is 29.8 Å². The minimum atomic E-state index is -0.463. The second kappa shape index (κ2) is 8.05. The molecule has 1 N–H and O–H groups in total. The van der Waals surface area contributed by atoms with Crippen LogP contribution in [0.3, 0.4) is 0 Å². The molecule has 1 amide bonds. The molecule has 2 heterocycles. The minimum absolute atomic E-state index is 0.293. The number of thiophene rings is 1. The Bertz CT molecular complexity index is 946. The molecule has 0 fully saturated rings. The first-order chi connectivity index (χ1) is 13.0. The van der Waals surface area contributed by atoms with Crippen LogP contribution in [-0.4, -0.2) is 35.6 Å². The van der Waals surface area contributed by atoms with Crippen molar-refractivity contribution in [2.45, 2.75) is 6.04 Å². The van der Waals surface area contributed by atoms with Crippen LogP contribution in [0.25, 0.3) is 0 Å². The van der Waals surface area contributed by atoms with E-state index >= 15 is 0 Å². The lowest BCUT2D eigenvalue weighted by Gasteiger charge is -2.19. The quantitative estimate of drug-likeness (QED) is 0.660. The summed E-state index contributed by atoms with van der Waals surface area (Å²) in [5.74, 6) is 0.664. The zero-order chi connectivity index (χ0) is 19.4. The van der Waals surface area contributed by atoms with Crippen molar-refractivity contribution in [2.24, 2.45) is 7.05 Å². The Balaban J connectivity index is 1.89. The van der Waals surface area contributed by atoms with Crippen LogP contribution in [0.1, 0.15) is 36.8 Å². The normalized spacial score (nSPS) is 11.7. The Labute approximate surface area is 160 Å². The highest BCUT2D eigenvalue weighted by Crippen LogP contribution is 2.25. The van der Waals surface area contributed by atoms with Crippen molar-refractivity contribution in [1.82, 2.24) is 14.9 Å². The van der Waals surface area contributed by atoms with Gasteiger partial charge in [0, 0.05) is 19.4 Å². The number of carbonyl (C=O) groups is 2. The summed E-state index contributed by atoms with van der Waals surface area (Å²) in [5.41, 5.74) is 0.864. The minimum Gasteiger partial charge on any atom is -0.497 e. The number of hydrogen-bond acceptors (Lipinski definition) is 6. The molecular weight excluding hydrogens is 366 g/mol. The Morgan fingerprint density at radius 2 is 1.81 bits per heavy atom. The number of hydrogen-bond donors (Lipinski definition) is 1. The number of rotatable bonds is 6. The standard InChI is InChI=1S/C19H19N3O4S/c1-22-11-10-20-17(22)16(12-4-6-13(25-2)7-5-12)21-18(23)14-8-9-15(27-14)19(24)26-3/h4-11,16H,1-3H3,(H,21,23). The first-order valence-corrected chi connectivity index (χ1v) is 8.95. The number of imidazole rings is 1. The molecule has 0 aliphatic carbocycles. The van der Waals surface area contributed by atoms with Gasteiger partial charge in [-0.3, -0.25) is 4.79 Å². The van der Waals surface area contributed by atoms with E-state index in [1.165, 1.54) is 7.11 Å². The molecule has 140 valence electrons. The molecule has 0 spiro atoms. The molecule has 27 heavy (non-hydrogen) atoms. The van der Waals surface area contributed by atoms with E-state index in [0.717, 1.165) is 22.6 Å². The fourth-order valence-electron chi connectivity index (χ4n) is 2.62. The number of nitrogens with one attached hydrogen (secondary N) is 1. The van der Waals surface area contributed by atoms with Crippen molar-refractivity contribution in [3.63, 3.8) is 0 Å². The lowest BCUT2D eigenvalue weighted by atomic mass is 10.1. The molecule has 3 aromatic rings. The predicted octanol–water partition coefficient (Wildman–Crippen LogP) is 2.80. The summed E-state index contributed by atoms with van der Waals surface area (Å²) in [6.45, 7) is 0. The van der Waals surface area contributed by atoms with Gasteiger partial charge >= 0.3 is 5.97 Å². The summed E-state index contributed by atoms with van der Waals surface area (Å²) in [4.78, 5) is 29.6. The number of carbonyl (C=O) groups excluding carboxylic acids is 2. The Morgan fingerprint density at radius 1 is 1.11 bits per heavy atom. The number of aromatic nitrogens is 2. The average molecular weight is 385 g/mol. The van der Waals surface area contributed by atoms with Gasteiger partial charge < -0.3 is 19.4 Å². The van der Waals surface area contributed by atoms with E-state index in [1.54, 1.807) is 25.4 Å². The van der Waals surface area contributed by atoms with Crippen LogP contribution in [-0.2, 0) is 11.8 Å². The maximum atomic E-state index is 12.8. The van der Waals surface area contributed by atoms with Crippen molar-refractivity contribution in [3.8, 4) is 5.75 Å². The highest BCUT2D eigenvalue weighted by atomic mass is 32.1. The largest absolute Gasteiger partial charge is 0.497 e. The van der Waals surface area contributed by atoms with Crippen LogP contribution in [0.2, 0.25) is 0 Å². The monoisotopic (exact) mass is 385 g/mol. The van der Waals surface area contributed by atoms with Crippen molar-refractivity contribution in [3.05, 3.63) is 69.9 Å².